The van der Waals surface area contributed by atoms with Crippen molar-refractivity contribution < 1.29 is 14.4 Å². The molecular formula is C18H31ClN4O3S. The van der Waals surface area contributed by atoms with Gasteiger partial charge in [-0.05, 0) is 18.3 Å². The number of amides is 2. The molecule has 1 atom stereocenters. The second-order valence-electron chi connectivity index (χ2n) is 8.11. The highest BCUT2D eigenvalue weighted by Crippen LogP contribution is 2.26. The first-order valence-corrected chi connectivity index (χ1v) is 10.2. The molecule has 0 aromatic heterocycles. The van der Waals surface area contributed by atoms with Crippen molar-refractivity contribution in [2.45, 2.75) is 58.9 Å². The summed E-state index contributed by atoms with van der Waals surface area (Å²) >= 11 is 1.53. The van der Waals surface area contributed by atoms with E-state index in [0.29, 0.717) is 5.17 Å². The Morgan fingerprint density at radius 2 is 1.81 bits per heavy atom. The first-order chi connectivity index (χ1) is 12.2. The van der Waals surface area contributed by atoms with Crippen LogP contribution in [0.2, 0.25) is 0 Å². The van der Waals surface area contributed by atoms with Gasteiger partial charge in [-0.2, -0.15) is 0 Å². The number of Topliss-reactive ketones (excluding diaryl/α,β-unsaturated/α-hetero) is 1. The van der Waals surface area contributed by atoms with E-state index < -0.39 is 23.1 Å². The average Bonchev–Trinajstić information content (AvgIpc) is 3.01. The van der Waals surface area contributed by atoms with Crippen molar-refractivity contribution in [2.75, 3.05) is 19.3 Å². The average molecular weight is 419 g/mol. The van der Waals surface area contributed by atoms with Crippen molar-refractivity contribution in [2.24, 2.45) is 16.4 Å². The highest BCUT2D eigenvalue weighted by molar-refractivity contribution is 8.14. The van der Waals surface area contributed by atoms with Crippen LogP contribution in [0.1, 0.15) is 52.9 Å². The minimum absolute atomic E-state index is 0. The molecular weight excluding hydrogens is 388 g/mol. The van der Waals surface area contributed by atoms with Crippen molar-refractivity contribution in [1.82, 2.24) is 15.6 Å². The van der Waals surface area contributed by atoms with Crippen molar-refractivity contribution in [3.8, 4) is 0 Å². The molecule has 0 radical (unpaired) electrons. The van der Waals surface area contributed by atoms with Crippen LogP contribution in [0.15, 0.2) is 5.10 Å². The summed E-state index contributed by atoms with van der Waals surface area (Å²) in [6, 6.07) is -0.869. The van der Waals surface area contributed by atoms with Gasteiger partial charge < -0.3 is 10.2 Å². The van der Waals surface area contributed by atoms with Crippen LogP contribution in [0.3, 0.4) is 0 Å². The lowest BCUT2D eigenvalue weighted by atomic mass is 9.82. The van der Waals surface area contributed by atoms with Crippen molar-refractivity contribution in [3.05, 3.63) is 0 Å². The van der Waals surface area contributed by atoms with Gasteiger partial charge in [-0.15, -0.1) is 17.5 Å². The maximum atomic E-state index is 12.7. The number of nitrogens with zero attached hydrogens (tertiary/aromatic N) is 2. The molecule has 7 nitrogen and oxygen atoms in total. The molecule has 0 aromatic carbocycles. The zero-order valence-electron chi connectivity index (χ0n) is 16.5. The molecule has 0 spiro atoms. The minimum atomic E-state index is -0.869. The van der Waals surface area contributed by atoms with E-state index >= 15 is 0 Å². The summed E-state index contributed by atoms with van der Waals surface area (Å²) in [7, 11) is 1.88. The zero-order chi connectivity index (χ0) is 19.3. The standard InChI is InChI=1S/C18H30N4O3S.ClH/c1-18(2,3)14(19-15(24)12-8-6-5-7-9-12)13(23)16(25)20-21-17-22(4)10-11-26-17;/h12,14H,5-11H2,1-4H3,(H,19,24)(H,20,25);1H/b21-17-;/t14-;/m1./s1. The van der Waals surface area contributed by atoms with Crippen molar-refractivity contribution in [1.29, 1.82) is 0 Å². The first-order valence-electron chi connectivity index (χ1n) is 9.26. The van der Waals surface area contributed by atoms with Crippen molar-refractivity contribution >= 4 is 46.9 Å². The largest absolute Gasteiger partial charge is 0.352 e. The number of carbonyl (C=O) groups excluding carboxylic acids is 3. The molecule has 1 saturated carbocycles. The van der Waals surface area contributed by atoms with Gasteiger partial charge in [-0.3, -0.25) is 14.4 Å². The first kappa shape index (κ1) is 23.8. The summed E-state index contributed by atoms with van der Waals surface area (Å²) in [6.45, 7) is 6.39. The van der Waals surface area contributed by atoms with Gasteiger partial charge in [0.1, 0.15) is 6.04 Å². The number of ketones is 1. The molecule has 2 amide bonds. The van der Waals surface area contributed by atoms with Crippen molar-refractivity contribution in [3.63, 3.8) is 0 Å². The molecule has 9 heteroatoms. The number of hydrogen-bond acceptors (Lipinski definition) is 5. The Morgan fingerprint density at radius 3 is 2.33 bits per heavy atom. The summed E-state index contributed by atoms with van der Waals surface area (Å²) < 4.78 is 0. The Kier molecular flexibility index (Phi) is 9.08. The second-order valence-corrected chi connectivity index (χ2v) is 9.17. The third kappa shape index (κ3) is 6.68. The topological polar surface area (TPSA) is 90.9 Å². The lowest BCUT2D eigenvalue weighted by Gasteiger charge is -2.31. The van der Waals surface area contributed by atoms with Gasteiger partial charge in [0.2, 0.25) is 11.7 Å². The fourth-order valence-corrected chi connectivity index (χ4v) is 4.15. The Morgan fingerprint density at radius 1 is 1.19 bits per heavy atom. The quantitative estimate of drug-likeness (QED) is 0.527. The van der Waals surface area contributed by atoms with E-state index in [1.807, 2.05) is 32.7 Å². The Balaban J connectivity index is 0.00000364. The number of hydrogen-bond donors (Lipinski definition) is 2. The smallest absolute Gasteiger partial charge is 0.309 e. The zero-order valence-corrected chi connectivity index (χ0v) is 18.2. The highest BCUT2D eigenvalue weighted by atomic mass is 35.5. The molecule has 0 bridgehead atoms. The minimum Gasteiger partial charge on any atom is -0.352 e. The summed E-state index contributed by atoms with van der Waals surface area (Å²) in [5, 5.41) is 7.55. The Hall–Kier alpha value is -1.28. The highest BCUT2D eigenvalue weighted by Gasteiger charge is 2.38. The third-order valence-corrected chi connectivity index (χ3v) is 5.90. The maximum absolute atomic E-state index is 12.7. The molecule has 2 N–H and O–H groups in total. The molecule has 2 fully saturated rings. The molecule has 0 unspecified atom stereocenters. The van der Waals surface area contributed by atoms with Gasteiger partial charge >= 0.3 is 5.91 Å². The molecule has 1 saturated heterocycles. The van der Waals surface area contributed by atoms with Gasteiger partial charge in [0.15, 0.2) is 5.17 Å². The molecule has 2 aliphatic rings. The SMILES string of the molecule is CN1CCS/C1=N\NC(=O)C(=O)[C@@H](NC(=O)C1CCCCC1)C(C)(C)C.Cl. The fraction of sp³-hybridized carbons (Fsp3) is 0.778. The van der Waals surface area contributed by atoms with Gasteiger partial charge in [-0.25, -0.2) is 5.43 Å². The van der Waals surface area contributed by atoms with E-state index in [0.717, 1.165) is 44.4 Å². The molecule has 1 aliphatic carbocycles. The third-order valence-electron chi connectivity index (χ3n) is 4.85. The Bertz CT molecular complexity index is 586. The van der Waals surface area contributed by atoms with E-state index in [1.54, 1.807) is 0 Å². The molecule has 1 heterocycles. The predicted molar refractivity (Wildman–Crippen MR) is 111 cm³/mol. The summed E-state index contributed by atoms with van der Waals surface area (Å²) in [5.74, 6) is -0.725. The summed E-state index contributed by atoms with van der Waals surface area (Å²) in [5.41, 5.74) is 1.78. The number of rotatable bonds is 5. The maximum Gasteiger partial charge on any atom is 0.309 e. The van der Waals surface area contributed by atoms with E-state index in [9.17, 15) is 14.4 Å². The van der Waals surface area contributed by atoms with Crippen LogP contribution in [-0.2, 0) is 14.4 Å². The number of halogens is 1. The number of nitrogens with one attached hydrogen (secondary N) is 2. The van der Waals surface area contributed by atoms with Gasteiger partial charge in [0.25, 0.3) is 0 Å². The van der Waals surface area contributed by atoms with Crippen LogP contribution < -0.4 is 10.7 Å². The monoisotopic (exact) mass is 418 g/mol. The Labute approximate surface area is 171 Å². The van der Waals surface area contributed by atoms with E-state index in [2.05, 4.69) is 15.8 Å². The van der Waals surface area contributed by atoms with Crippen LogP contribution in [-0.4, -0.2) is 53.1 Å². The van der Waals surface area contributed by atoms with Crippen LogP contribution in [0.25, 0.3) is 0 Å². The molecule has 154 valence electrons. The second kappa shape index (κ2) is 10.3. The molecule has 1 aliphatic heterocycles. The van der Waals surface area contributed by atoms with E-state index in [4.69, 9.17) is 0 Å². The summed E-state index contributed by atoms with van der Waals surface area (Å²) in [6.07, 6.45) is 4.92. The van der Waals surface area contributed by atoms with Crippen LogP contribution in [0.4, 0.5) is 0 Å². The lowest BCUT2D eigenvalue weighted by Crippen LogP contribution is -2.54. The van der Waals surface area contributed by atoms with E-state index in [1.165, 1.54) is 11.8 Å². The van der Waals surface area contributed by atoms with Gasteiger partial charge in [-0.1, -0.05) is 51.8 Å². The number of carbonyl (C=O) groups is 3. The predicted octanol–water partition coefficient (Wildman–Crippen LogP) is 2.15. The number of thioether (sulfide) groups is 1. The van der Waals surface area contributed by atoms with E-state index in [-0.39, 0.29) is 24.2 Å². The molecule has 0 aromatic rings. The van der Waals surface area contributed by atoms with Gasteiger partial charge in [0.05, 0.1) is 0 Å². The van der Waals surface area contributed by atoms with Crippen LogP contribution in [0, 0.1) is 11.3 Å². The molecule has 2 rings (SSSR count). The van der Waals surface area contributed by atoms with Crippen LogP contribution in [0.5, 0.6) is 0 Å². The number of hydrazone groups is 1. The van der Waals surface area contributed by atoms with Gasteiger partial charge in [0, 0.05) is 25.3 Å². The number of amidine groups is 1. The summed E-state index contributed by atoms with van der Waals surface area (Å²) in [4.78, 5) is 39.5. The molecule has 27 heavy (non-hydrogen) atoms. The normalized spacial score (nSPS) is 20.7. The van der Waals surface area contributed by atoms with Crippen LogP contribution >= 0.6 is 24.2 Å². The fourth-order valence-electron chi connectivity index (χ4n) is 3.18. The lowest BCUT2D eigenvalue weighted by molar-refractivity contribution is -0.142.